The topological polar surface area (TPSA) is 72.3 Å². The van der Waals surface area contributed by atoms with Gasteiger partial charge in [0.05, 0.1) is 5.60 Å². The van der Waals surface area contributed by atoms with Gasteiger partial charge in [0.25, 0.3) is 0 Å². The van der Waals surface area contributed by atoms with E-state index in [9.17, 15) is 5.11 Å². The molecule has 1 heterocycles. The molecular weight excluding hydrogens is 180 g/mol. The summed E-state index contributed by atoms with van der Waals surface area (Å²) in [6.45, 7) is 3.37. The highest BCUT2D eigenvalue weighted by atomic mass is 16.3. The number of benzene rings is 1. The summed E-state index contributed by atoms with van der Waals surface area (Å²) >= 11 is 0. The molecule has 0 saturated heterocycles. The highest BCUT2D eigenvalue weighted by molar-refractivity contribution is 5.78. The monoisotopic (exact) mass is 192 g/mol. The molecule has 14 heavy (non-hydrogen) atoms. The molecule has 1 aromatic heterocycles. The molecule has 2 rings (SSSR count). The van der Waals surface area contributed by atoms with Crippen LogP contribution < -0.4 is 5.73 Å². The van der Waals surface area contributed by atoms with Crippen LogP contribution in [0.2, 0.25) is 0 Å². The first kappa shape index (κ1) is 9.02. The molecule has 0 aliphatic carbocycles. The van der Waals surface area contributed by atoms with Crippen molar-refractivity contribution in [2.24, 2.45) is 0 Å². The van der Waals surface area contributed by atoms with Gasteiger partial charge in [0.1, 0.15) is 5.52 Å². The SMILES string of the molecule is CC(C)(O)c1cc2ncoc2cc1N. The number of aromatic nitrogens is 1. The van der Waals surface area contributed by atoms with Gasteiger partial charge in [-0.15, -0.1) is 0 Å². The van der Waals surface area contributed by atoms with E-state index in [1.165, 1.54) is 6.39 Å². The summed E-state index contributed by atoms with van der Waals surface area (Å²) in [5.74, 6) is 0. The Bertz CT molecular complexity index is 468. The lowest BCUT2D eigenvalue weighted by molar-refractivity contribution is 0.0795. The lowest BCUT2D eigenvalue weighted by atomic mass is 9.96. The van der Waals surface area contributed by atoms with Gasteiger partial charge in [0.2, 0.25) is 0 Å². The van der Waals surface area contributed by atoms with Crippen molar-refractivity contribution in [3.63, 3.8) is 0 Å². The second kappa shape index (κ2) is 2.72. The van der Waals surface area contributed by atoms with Crippen molar-refractivity contribution in [3.8, 4) is 0 Å². The van der Waals surface area contributed by atoms with Crippen LogP contribution in [0.25, 0.3) is 11.1 Å². The van der Waals surface area contributed by atoms with Crippen LogP contribution in [0.15, 0.2) is 22.9 Å². The fraction of sp³-hybridized carbons (Fsp3) is 0.300. The largest absolute Gasteiger partial charge is 0.443 e. The molecule has 0 amide bonds. The number of oxazole rings is 1. The third kappa shape index (κ3) is 1.33. The van der Waals surface area contributed by atoms with E-state index in [-0.39, 0.29) is 0 Å². The van der Waals surface area contributed by atoms with Crippen molar-refractivity contribution in [2.75, 3.05) is 5.73 Å². The van der Waals surface area contributed by atoms with Crippen molar-refractivity contribution in [1.29, 1.82) is 0 Å². The highest BCUT2D eigenvalue weighted by Crippen LogP contribution is 2.29. The Balaban J connectivity index is 2.71. The number of nitrogens with two attached hydrogens (primary N) is 1. The predicted molar refractivity (Wildman–Crippen MR) is 53.7 cm³/mol. The zero-order valence-electron chi connectivity index (χ0n) is 8.11. The summed E-state index contributed by atoms with van der Waals surface area (Å²) in [6, 6.07) is 3.42. The minimum atomic E-state index is -0.961. The Morgan fingerprint density at radius 1 is 1.43 bits per heavy atom. The summed E-state index contributed by atoms with van der Waals surface area (Å²) in [5.41, 5.74) is 7.34. The molecule has 3 N–H and O–H groups in total. The van der Waals surface area contributed by atoms with Crippen LogP contribution >= 0.6 is 0 Å². The number of hydrogen-bond donors (Lipinski definition) is 2. The molecule has 0 fully saturated rings. The maximum absolute atomic E-state index is 9.83. The lowest BCUT2D eigenvalue weighted by Gasteiger charge is -2.19. The van der Waals surface area contributed by atoms with Crippen LogP contribution in [0, 0.1) is 0 Å². The summed E-state index contributed by atoms with van der Waals surface area (Å²) in [4.78, 5) is 4.00. The van der Waals surface area contributed by atoms with E-state index in [0.29, 0.717) is 22.4 Å². The van der Waals surface area contributed by atoms with Crippen LogP contribution in [0.4, 0.5) is 5.69 Å². The van der Waals surface area contributed by atoms with Gasteiger partial charge in [-0.2, -0.15) is 0 Å². The molecule has 4 heteroatoms. The number of rotatable bonds is 1. The van der Waals surface area contributed by atoms with Crippen molar-refractivity contribution in [1.82, 2.24) is 4.98 Å². The molecule has 0 spiro atoms. The second-order valence-corrected chi connectivity index (χ2v) is 3.82. The van der Waals surface area contributed by atoms with Crippen molar-refractivity contribution in [2.45, 2.75) is 19.4 Å². The van der Waals surface area contributed by atoms with Crippen molar-refractivity contribution < 1.29 is 9.52 Å². The van der Waals surface area contributed by atoms with Crippen molar-refractivity contribution in [3.05, 3.63) is 24.1 Å². The summed E-state index contributed by atoms with van der Waals surface area (Å²) in [6.07, 6.45) is 1.36. The van der Waals surface area contributed by atoms with E-state index < -0.39 is 5.60 Å². The molecule has 0 radical (unpaired) electrons. The molecule has 74 valence electrons. The van der Waals surface area contributed by atoms with E-state index in [1.54, 1.807) is 26.0 Å². The summed E-state index contributed by atoms with van der Waals surface area (Å²) < 4.78 is 5.09. The average molecular weight is 192 g/mol. The first-order valence-corrected chi connectivity index (χ1v) is 4.34. The lowest BCUT2D eigenvalue weighted by Crippen LogP contribution is -2.17. The zero-order valence-corrected chi connectivity index (χ0v) is 8.11. The van der Waals surface area contributed by atoms with E-state index in [1.807, 2.05) is 0 Å². The number of fused-ring (bicyclic) bond motifs is 1. The molecule has 0 bridgehead atoms. The molecule has 0 aliphatic rings. The molecule has 0 atom stereocenters. The number of nitrogen functional groups attached to an aromatic ring is 1. The van der Waals surface area contributed by atoms with Crippen LogP contribution in [-0.4, -0.2) is 10.1 Å². The number of nitrogens with zero attached hydrogens (tertiary/aromatic N) is 1. The maximum Gasteiger partial charge on any atom is 0.181 e. The zero-order chi connectivity index (χ0) is 10.3. The standard InChI is InChI=1S/C10H12N2O2/c1-10(2,13)6-3-8-9(4-7(6)11)14-5-12-8/h3-5,13H,11H2,1-2H3. The van der Waals surface area contributed by atoms with Gasteiger partial charge in [-0.1, -0.05) is 0 Å². The Morgan fingerprint density at radius 3 is 2.79 bits per heavy atom. The van der Waals surface area contributed by atoms with E-state index in [0.717, 1.165) is 0 Å². The minimum Gasteiger partial charge on any atom is -0.443 e. The molecule has 0 aliphatic heterocycles. The number of aliphatic hydroxyl groups is 1. The van der Waals surface area contributed by atoms with Crippen LogP contribution in [-0.2, 0) is 5.60 Å². The maximum atomic E-state index is 9.83. The number of anilines is 1. The van der Waals surface area contributed by atoms with E-state index in [2.05, 4.69) is 4.98 Å². The van der Waals surface area contributed by atoms with Gasteiger partial charge < -0.3 is 15.3 Å². The van der Waals surface area contributed by atoms with Crippen LogP contribution in [0.3, 0.4) is 0 Å². The molecular formula is C10H12N2O2. The second-order valence-electron chi connectivity index (χ2n) is 3.82. The van der Waals surface area contributed by atoms with Gasteiger partial charge >= 0.3 is 0 Å². The first-order valence-electron chi connectivity index (χ1n) is 4.34. The van der Waals surface area contributed by atoms with Crippen LogP contribution in [0.1, 0.15) is 19.4 Å². The van der Waals surface area contributed by atoms with Gasteiger partial charge in [0, 0.05) is 17.3 Å². The van der Waals surface area contributed by atoms with Gasteiger partial charge in [-0.3, -0.25) is 0 Å². The minimum absolute atomic E-state index is 0.516. The fourth-order valence-electron chi connectivity index (χ4n) is 1.45. The van der Waals surface area contributed by atoms with E-state index >= 15 is 0 Å². The highest BCUT2D eigenvalue weighted by Gasteiger charge is 2.20. The van der Waals surface area contributed by atoms with Gasteiger partial charge in [0.15, 0.2) is 12.0 Å². The smallest absolute Gasteiger partial charge is 0.181 e. The van der Waals surface area contributed by atoms with E-state index in [4.69, 9.17) is 10.2 Å². The Hall–Kier alpha value is -1.55. The normalized spacial score (nSPS) is 12.2. The van der Waals surface area contributed by atoms with Crippen LogP contribution in [0.5, 0.6) is 0 Å². The molecule has 0 unspecified atom stereocenters. The number of hydrogen-bond acceptors (Lipinski definition) is 4. The molecule has 4 nitrogen and oxygen atoms in total. The summed E-state index contributed by atoms with van der Waals surface area (Å²) in [7, 11) is 0. The molecule has 1 aromatic carbocycles. The third-order valence-electron chi connectivity index (χ3n) is 2.16. The Morgan fingerprint density at radius 2 is 2.14 bits per heavy atom. The third-order valence-corrected chi connectivity index (χ3v) is 2.16. The predicted octanol–water partition coefficient (Wildman–Crippen LogP) is 1.64. The summed E-state index contributed by atoms with van der Waals surface area (Å²) in [5, 5.41) is 9.83. The first-order chi connectivity index (χ1) is 6.48. The molecule has 0 saturated carbocycles. The Labute approximate surface area is 81.4 Å². The fourth-order valence-corrected chi connectivity index (χ4v) is 1.45. The molecule has 2 aromatic rings. The van der Waals surface area contributed by atoms with Crippen molar-refractivity contribution >= 4 is 16.8 Å². The van der Waals surface area contributed by atoms with Gasteiger partial charge in [-0.25, -0.2) is 4.98 Å². The average Bonchev–Trinajstić information content (AvgIpc) is 2.47. The van der Waals surface area contributed by atoms with Gasteiger partial charge in [-0.05, 0) is 19.9 Å². The Kier molecular flexibility index (Phi) is 1.75. The quantitative estimate of drug-likeness (QED) is 0.673.